The molecule has 30 heavy (non-hydrogen) atoms. The van der Waals surface area contributed by atoms with Gasteiger partial charge in [-0.05, 0) is 68.1 Å². The summed E-state index contributed by atoms with van der Waals surface area (Å²) >= 11 is 0. The average Bonchev–Trinajstić information content (AvgIpc) is 3.02. The summed E-state index contributed by atoms with van der Waals surface area (Å²) in [6.07, 6.45) is 3.81. The Hall–Kier alpha value is -2.38. The van der Waals surface area contributed by atoms with Crippen molar-refractivity contribution >= 4 is 21.6 Å². The monoisotopic (exact) mass is 430 g/mol. The van der Waals surface area contributed by atoms with Crippen LogP contribution in [-0.4, -0.2) is 37.8 Å². The highest BCUT2D eigenvalue weighted by atomic mass is 32.2. The third-order valence-electron chi connectivity index (χ3n) is 5.26. The van der Waals surface area contributed by atoms with Crippen LogP contribution in [0.1, 0.15) is 44.6 Å². The lowest BCUT2D eigenvalue weighted by molar-refractivity contribution is -0.122. The molecule has 1 N–H and O–H groups in total. The molecule has 0 unspecified atom stereocenters. The van der Waals surface area contributed by atoms with Crippen LogP contribution in [0, 0.1) is 6.92 Å². The minimum Gasteiger partial charge on any atom is -0.481 e. The average molecular weight is 431 g/mol. The SMILES string of the molecule is CC[C@@H](Oc1cccc(C)c1)C(=O)Nc1ccc(S(=O)(=O)N2CCCCCC2)cc1. The highest BCUT2D eigenvalue weighted by Gasteiger charge is 2.25. The van der Waals surface area contributed by atoms with Gasteiger partial charge in [0.05, 0.1) is 4.90 Å². The molecule has 162 valence electrons. The number of sulfonamides is 1. The Morgan fingerprint density at radius 3 is 2.33 bits per heavy atom. The normalized spacial score (nSPS) is 16.5. The van der Waals surface area contributed by atoms with Gasteiger partial charge in [-0.3, -0.25) is 4.79 Å². The van der Waals surface area contributed by atoms with Gasteiger partial charge in [-0.2, -0.15) is 4.31 Å². The maximum absolute atomic E-state index is 12.9. The Morgan fingerprint density at radius 2 is 1.73 bits per heavy atom. The molecule has 1 amide bonds. The Bertz CT molecular complexity index is 949. The third kappa shape index (κ3) is 5.61. The van der Waals surface area contributed by atoms with Crippen molar-refractivity contribution in [2.24, 2.45) is 0 Å². The summed E-state index contributed by atoms with van der Waals surface area (Å²) in [6.45, 7) is 4.98. The molecule has 2 aromatic rings. The van der Waals surface area contributed by atoms with Crippen molar-refractivity contribution in [1.82, 2.24) is 4.31 Å². The van der Waals surface area contributed by atoms with Crippen LogP contribution in [0.5, 0.6) is 5.75 Å². The molecule has 1 aliphatic rings. The fourth-order valence-electron chi connectivity index (χ4n) is 3.54. The second-order valence-corrected chi connectivity index (χ2v) is 9.60. The summed E-state index contributed by atoms with van der Waals surface area (Å²) in [5, 5.41) is 2.82. The maximum Gasteiger partial charge on any atom is 0.265 e. The van der Waals surface area contributed by atoms with E-state index >= 15 is 0 Å². The Labute approximate surface area is 179 Å². The van der Waals surface area contributed by atoms with Gasteiger partial charge in [0, 0.05) is 18.8 Å². The van der Waals surface area contributed by atoms with Gasteiger partial charge in [0.2, 0.25) is 10.0 Å². The van der Waals surface area contributed by atoms with E-state index in [1.54, 1.807) is 28.6 Å². The van der Waals surface area contributed by atoms with Gasteiger partial charge in [0.1, 0.15) is 5.75 Å². The third-order valence-corrected chi connectivity index (χ3v) is 7.17. The Morgan fingerprint density at radius 1 is 1.07 bits per heavy atom. The molecule has 2 aromatic carbocycles. The van der Waals surface area contributed by atoms with E-state index in [1.807, 2.05) is 38.1 Å². The number of carbonyl (C=O) groups is 1. The second-order valence-electron chi connectivity index (χ2n) is 7.66. The Kier molecular flexibility index (Phi) is 7.50. The standard InChI is InChI=1S/C23H30N2O4S/c1-3-22(29-20-10-8-9-18(2)17-20)23(26)24-19-11-13-21(14-12-19)30(27,28)25-15-6-4-5-7-16-25/h8-14,17,22H,3-7,15-16H2,1-2H3,(H,24,26)/t22-/m1/s1. The van der Waals surface area contributed by atoms with Crippen molar-refractivity contribution in [1.29, 1.82) is 0 Å². The molecule has 1 fully saturated rings. The van der Waals surface area contributed by atoms with E-state index in [-0.39, 0.29) is 10.8 Å². The van der Waals surface area contributed by atoms with Crippen molar-refractivity contribution in [3.05, 3.63) is 54.1 Å². The van der Waals surface area contributed by atoms with Gasteiger partial charge in [-0.15, -0.1) is 0 Å². The smallest absolute Gasteiger partial charge is 0.265 e. The molecule has 0 bridgehead atoms. The number of ether oxygens (including phenoxy) is 1. The zero-order valence-corrected chi connectivity index (χ0v) is 18.5. The van der Waals surface area contributed by atoms with E-state index in [0.717, 1.165) is 31.2 Å². The first-order valence-corrected chi connectivity index (χ1v) is 12.0. The van der Waals surface area contributed by atoms with Gasteiger partial charge >= 0.3 is 0 Å². The van der Waals surface area contributed by atoms with Crippen LogP contribution < -0.4 is 10.1 Å². The summed E-state index contributed by atoms with van der Waals surface area (Å²) in [5.41, 5.74) is 1.60. The van der Waals surface area contributed by atoms with E-state index in [1.165, 1.54) is 0 Å². The van der Waals surface area contributed by atoms with E-state index in [2.05, 4.69) is 5.32 Å². The number of hydrogen-bond acceptors (Lipinski definition) is 4. The van der Waals surface area contributed by atoms with Gasteiger partial charge in [-0.1, -0.05) is 31.9 Å². The van der Waals surface area contributed by atoms with Crippen molar-refractivity contribution < 1.29 is 17.9 Å². The van der Waals surface area contributed by atoms with Crippen molar-refractivity contribution in [2.75, 3.05) is 18.4 Å². The summed E-state index contributed by atoms with van der Waals surface area (Å²) in [6, 6.07) is 13.9. The zero-order chi connectivity index (χ0) is 21.6. The minimum absolute atomic E-state index is 0.255. The summed E-state index contributed by atoms with van der Waals surface area (Å²) in [7, 11) is -3.50. The molecule has 6 nitrogen and oxygen atoms in total. The highest BCUT2D eigenvalue weighted by Crippen LogP contribution is 2.22. The number of anilines is 1. The van der Waals surface area contributed by atoms with Gasteiger partial charge in [0.15, 0.2) is 6.10 Å². The first-order valence-electron chi connectivity index (χ1n) is 10.5. The van der Waals surface area contributed by atoms with Crippen LogP contribution in [0.15, 0.2) is 53.4 Å². The minimum atomic E-state index is -3.50. The lowest BCUT2D eigenvalue weighted by atomic mass is 10.2. The number of carbonyl (C=O) groups excluding carboxylic acids is 1. The summed E-state index contributed by atoms with van der Waals surface area (Å²) in [5.74, 6) is 0.387. The second kappa shape index (κ2) is 10.1. The van der Waals surface area contributed by atoms with Crippen LogP contribution in [-0.2, 0) is 14.8 Å². The number of nitrogens with one attached hydrogen (secondary N) is 1. The summed E-state index contributed by atoms with van der Waals surface area (Å²) < 4.78 is 33.2. The van der Waals surface area contributed by atoms with Crippen LogP contribution in [0.3, 0.4) is 0 Å². The van der Waals surface area contributed by atoms with Crippen molar-refractivity contribution in [2.45, 2.75) is 57.0 Å². The van der Waals surface area contributed by atoms with Crippen LogP contribution in [0.4, 0.5) is 5.69 Å². The zero-order valence-electron chi connectivity index (χ0n) is 17.6. The molecule has 0 spiro atoms. The fraction of sp³-hybridized carbons (Fsp3) is 0.435. The van der Waals surface area contributed by atoms with Crippen LogP contribution >= 0.6 is 0 Å². The predicted octanol–water partition coefficient (Wildman–Crippen LogP) is 4.36. The molecule has 0 aliphatic carbocycles. The lowest BCUT2D eigenvalue weighted by Crippen LogP contribution is -2.33. The molecule has 0 aromatic heterocycles. The molecule has 1 atom stereocenters. The Balaban J connectivity index is 1.66. The maximum atomic E-state index is 12.9. The number of aryl methyl sites for hydroxylation is 1. The number of benzene rings is 2. The summed E-state index contributed by atoms with van der Waals surface area (Å²) in [4.78, 5) is 12.9. The molecule has 7 heteroatoms. The fourth-order valence-corrected chi connectivity index (χ4v) is 5.06. The molecule has 1 aliphatic heterocycles. The first kappa shape index (κ1) is 22.3. The topological polar surface area (TPSA) is 75.7 Å². The highest BCUT2D eigenvalue weighted by molar-refractivity contribution is 7.89. The van der Waals surface area contributed by atoms with E-state index < -0.39 is 16.1 Å². The van der Waals surface area contributed by atoms with Gasteiger partial charge < -0.3 is 10.1 Å². The van der Waals surface area contributed by atoms with Crippen molar-refractivity contribution in [3.8, 4) is 5.75 Å². The molecule has 0 saturated carbocycles. The van der Waals surface area contributed by atoms with E-state index in [4.69, 9.17) is 4.74 Å². The molecule has 0 radical (unpaired) electrons. The van der Waals surface area contributed by atoms with Gasteiger partial charge in [-0.25, -0.2) is 8.42 Å². The number of amides is 1. The van der Waals surface area contributed by atoms with E-state index in [0.29, 0.717) is 30.9 Å². The molecular weight excluding hydrogens is 400 g/mol. The number of hydrogen-bond donors (Lipinski definition) is 1. The van der Waals surface area contributed by atoms with E-state index in [9.17, 15) is 13.2 Å². The van der Waals surface area contributed by atoms with Crippen molar-refractivity contribution in [3.63, 3.8) is 0 Å². The van der Waals surface area contributed by atoms with Gasteiger partial charge in [0.25, 0.3) is 5.91 Å². The quantitative estimate of drug-likeness (QED) is 0.708. The number of rotatable bonds is 7. The molecule has 1 heterocycles. The predicted molar refractivity (Wildman–Crippen MR) is 118 cm³/mol. The largest absolute Gasteiger partial charge is 0.481 e. The molecule has 3 rings (SSSR count). The van der Waals surface area contributed by atoms with Crippen LogP contribution in [0.2, 0.25) is 0 Å². The van der Waals surface area contributed by atoms with Crippen LogP contribution in [0.25, 0.3) is 0 Å². The first-order chi connectivity index (χ1) is 14.4. The lowest BCUT2D eigenvalue weighted by Gasteiger charge is -2.20. The molecular formula is C23H30N2O4S. The number of nitrogens with zero attached hydrogens (tertiary/aromatic N) is 1. The molecule has 1 saturated heterocycles.